The lowest BCUT2D eigenvalue weighted by Gasteiger charge is -2.32. The average Bonchev–Trinajstić information content (AvgIpc) is 3.22. The van der Waals surface area contributed by atoms with Crippen molar-refractivity contribution in [3.63, 3.8) is 0 Å². The Balaban J connectivity index is 1.51. The predicted octanol–water partition coefficient (Wildman–Crippen LogP) is 5.88. The largest absolute Gasteiger partial charge is 0.416 e. The van der Waals surface area contributed by atoms with Crippen molar-refractivity contribution in [2.75, 3.05) is 6.54 Å². The molecule has 0 bridgehead atoms. The van der Waals surface area contributed by atoms with Crippen LogP contribution in [0.2, 0.25) is 0 Å². The summed E-state index contributed by atoms with van der Waals surface area (Å²) >= 11 is 0. The molecule has 1 heterocycles. The van der Waals surface area contributed by atoms with Gasteiger partial charge in [0.25, 0.3) is 5.91 Å². The quantitative estimate of drug-likeness (QED) is 0.502. The zero-order valence-corrected chi connectivity index (χ0v) is 17.9. The number of fused-ring (bicyclic) bond motifs is 1. The highest BCUT2D eigenvalue weighted by atomic mass is 19.4. The van der Waals surface area contributed by atoms with Crippen LogP contribution in [0, 0.1) is 0 Å². The maximum atomic E-state index is 13.2. The Hall–Kier alpha value is -3.22. The number of alkyl halides is 3. The van der Waals surface area contributed by atoms with Crippen LogP contribution in [0.15, 0.2) is 66.4 Å². The predicted molar refractivity (Wildman–Crippen MR) is 119 cm³/mol. The molecule has 0 radical (unpaired) electrons. The van der Waals surface area contributed by atoms with Crippen molar-refractivity contribution < 1.29 is 18.0 Å². The van der Waals surface area contributed by atoms with Gasteiger partial charge in [-0.3, -0.25) is 4.79 Å². The number of hydrogen-bond donors (Lipinski definition) is 2. The van der Waals surface area contributed by atoms with Crippen molar-refractivity contribution in [1.29, 1.82) is 0 Å². The van der Waals surface area contributed by atoms with Crippen LogP contribution in [0.5, 0.6) is 0 Å². The highest BCUT2D eigenvalue weighted by Gasteiger charge is 2.31. The highest BCUT2D eigenvalue weighted by molar-refractivity contribution is 5.98. The minimum absolute atomic E-state index is 0.0586. The van der Waals surface area contributed by atoms with Gasteiger partial charge in [-0.1, -0.05) is 30.3 Å². The Labute approximate surface area is 185 Å². The Morgan fingerprint density at radius 2 is 1.94 bits per heavy atom. The lowest BCUT2D eigenvalue weighted by Crippen LogP contribution is -2.41. The molecule has 1 aromatic heterocycles. The van der Waals surface area contributed by atoms with E-state index in [2.05, 4.69) is 28.5 Å². The molecule has 0 saturated heterocycles. The maximum Gasteiger partial charge on any atom is 0.416 e. The van der Waals surface area contributed by atoms with Gasteiger partial charge in [0.05, 0.1) is 11.6 Å². The third kappa shape index (κ3) is 4.82. The second-order valence-corrected chi connectivity index (χ2v) is 8.06. The molecule has 32 heavy (non-hydrogen) atoms. The summed E-state index contributed by atoms with van der Waals surface area (Å²) in [4.78, 5) is 18.0. The van der Waals surface area contributed by atoms with E-state index in [-0.39, 0.29) is 11.9 Å². The molecular formula is C25H26F3N3O. The molecule has 4 rings (SSSR count). The van der Waals surface area contributed by atoms with Gasteiger partial charge in [0.2, 0.25) is 0 Å². The van der Waals surface area contributed by atoms with E-state index in [1.165, 1.54) is 17.7 Å². The normalized spacial score (nSPS) is 16.6. The summed E-state index contributed by atoms with van der Waals surface area (Å²) in [5, 5.41) is 3.85. The molecule has 7 heteroatoms. The molecule has 0 unspecified atom stereocenters. The van der Waals surface area contributed by atoms with Crippen LogP contribution in [0.1, 0.15) is 47.8 Å². The van der Waals surface area contributed by atoms with Crippen molar-refractivity contribution in [1.82, 2.24) is 15.2 Å². The molecule has 0 saturated carbocycles. The molecule has 0 aliphatic heterocycles. The van der Waals surface area contributed by atoms with Gasteiger partial charge in [-0.05, 0) is 62.1 Å². The Kier molecular flexibility index (Phi) is 6.26. The third-order valence-electron chi connectivity index (χ3n) is 5.88. The first-order valence-electron chi connectivity index (χ1n) is 10.8. The first-order valence-corrected chi connectivity index (χ1v) is 10.8. The van der Waals surface area contributed by atoms with Gasteiger partial charge in [0, 0.05) is 29.7 Å². The van der Waals surface area contributed by atoms with E-state index in [0.717, 1.165) is 43.6 Å². The van der Waals surface area contributed by atoms with Crippen molar-refractivity contribution in [2.45, 2.75) is 44.9 Å². The number of benzene rings is 2. The SMILES string of the molecule is CCN(C(=O)c1cc2cc(C(F)(F)F)ccc2[nH]1)[C@@H]1C=C(NCc2ccccc2)CCC1. The van der Waals surface area contributed by atoms with E-state index in [1.54, 1.807) is 4.90 Å². The zero-order chi connectivity index (χ0) is 22.7. The second-order valence-electron chi connectivity index (χ2n) is 8.06. The summed E-state index contributed by atoms with van der Waals surface area (Å²) in [6.45, 7) is 3.15. The van der Waals surface area contributed by atoms with Gasteiger partial charge >= 0.3 is 6.18 Å². The fourth-order valence-electron chi connectivity index (χ4n) is 4.21. The fourth-order valence-corrected chi connectivity index (χ4v) is 4.21. The summed E-state index contributed by atoms with van der Waals surface area (Å²) in [7, 11) is 0. The molecule has 1 amide bonds. The molecule has 0 spiro atoms. The number of H-pyrrole nitrogens is 1. The van der Waals surface area contributed by atoms with E-state index in [1.807, 2.05) is 25.1 Å². The molecule has 3 aromatic rings. The van der Waals surface area contributed by atoms with Crippen LogP contribution < -0.4 is 5.32 Å². The Bertz CT molecular complexity index is 1120. The van der Waals surface area contributed by atoms with Crippen molar-refractivity contribution in [3.05, 3.63) is 83.2 Å². The summed E-state index contributed by atoms with van der Waals surface area (Å²) in [5.41, 5.74) is 2.40. The monoisotopic (exact) mass is 441 g/mol. The molecular weight excluding hydrogens is 415 g/mol. The van der Waals surface area contributed by atoms with Crippen LogP contribution in [0.3, 0.4) is 0 Å². The van der Waals surface area contributed by atoms with Crippen LogP contribution in [0.4, 0.5) is 13.2 Å². The summed E-state index contributed by atoms with van der Waals surface area (Å²) in [6.07, 6.45) is 0.444. The van der Waals surface area contributed by atoms with Gasteiger partial charge in [-0.15, -0.1) is 0 Å². The molecule has 2 N–H and O–H groups in total. The third-order valence-corrected chi connectivity index (χ3v) is 5.88. The highest BCUT2D eigenvalue weighted by Crippen LogP contribution is 2.32. The number of nitrogens with one attached hydrogen (secondary N) is 2. The first-order chi connectivity index (χ1) is 15.3. The number of likely N-dealkylation sites (N-methyl/N-ethyl adjacent to an activating group) is 1. The van der Waals surface area contributed by atoms with Gasteiger partial charge in [0.1, 0.15) is 5.69 Å². The smallest absolute Gasteiger partial charge is 0.384 e. The van der Waals surface area contributed by atoms with Crippen LogP contribution in [-0.2, 0) is 12.7 Å². The van der Waals surface area contributed by atoms with Crippen LogP contribution in [0.25, 0.3) is 10.9 Å². The lowest BCUT2D eigenvalue weighted by atomic mass is 9.98. The van der Waals surface area contributed by atoms with Crippen LogP contribution in [-0.4, -0.2) is 28.4 Å². The fraction of sp³-hybridized carbons (Fsp3) is 0.320. The summed E-state index contributed by atoms with van der Waals surface area (Å²) in [6, 6.07) is 15.0. The van der Waals surface area contributed by atoms with Crippen molar-refractivity contribution in [3.8, 4) is 0 Å². The van der Waals surface area contributed by atoms with E-state index in [9.17, 15) is 18.0 Å². The number of carbonyl (C=O) groups is 1. The number of rotatable bonds is 6. The standard InChI is InChI=1S/C25H26F3N3O/c1-2-31(21-10-6-9-20(15-21)29-16-17-7-4-3-5-8-17)24(32)23-14-18-13-19(25(26,27)28)11-12-22(18)30-23/h3-5,7-8,11-15,21,29-30H,2,6,9-10,16H2,1H3/t21-/m0/s1. The van der Waals surface area contributed by atoms with Gasteiger partial charge in [-0.2, -0.15) is 13.2 Å². The van der Waals surface area contributed by atoms with E-state index < -0.39 is 11.7 Å². The number of halogens is 3. The zero-order valence-electron chi connectivity index (χ0n) is 17.9. The van der Waals surface area contributed by atoms with E-state index in [0.29, 0.717) is 23.1 Å². The maximum absolute atomic E-state index is 13.2. The van der Waals surface area contributed by atoms with E-state index in [4.69, 9.17) is 0 Å². The lowest BCUT2D eigenvalue weighted by molar-refractivity contribution is -0.137. The molecule has 168 valence electrons. The topological polar surface area (TPSA) is 48.1 Å². The number of allylic oxidation sites excluding steroid dienone is 1. The minimum Gasteiger partial charge on any atom is -0.384 e. The molecule has 2 aromatic carbocycles. The Morgan fingerprint density at radius 3 is 2.66 bits per heavy atom. The first kappa shape index (κ1) is 22.0. The molecule has 4 nitrogen and oxygen atoms in total. The van der Waals surface area contributed by atoms with E-state index >= 15 is 0 Å². The molecule has 1 aliphatic carbocycles. The number of nitrogens with zero attached hydrogens (tertiary/aromatic N) is 1. The van der Waals surface area contributed by atoms with Gasteiger partial charge < -0.3 is 15.2 Å². The van der Waals surface area contributed by atoms with Gasteiger partial charge in [0.15, 0.2) is 0 Å². The average molecular weight is 441 g/mol. The number of aromatic nitrogens is 1. The number of carbonyl (C=O) groups excluding carboxylic acids is 1. The van der Waals surface area contributed by atoms with Crippen molar-refractivity contribution in [2.24, 2.45) is 0 Å². The van der Waals surface area contributed by atoms with Gasteiger partial charge in [-0.25, -0.2) is 0 Å². The second kappa shape index (κ2) is 9.10. The molecule has 0 fully saturated rings. The number of hydrogen-bond acceptors (Lipinski definition) is 2. The number of aromatic amines is 1. The van der Waals surface area contributed by atoms with Crippen LogP contribution >= 0.6 is 0 Å². The molecule has 1 atom stereocenters. The summed E-state index contributed by atoms with van der Waals surface area (Å²) in [5.74, 6) is -0.206. The summed E-state index contributed by atoms with van der Waals surface area (Å²) < 4.78 is 39.1. The number of amides is 1. The Morgan fingerprint density at radius 1 is 1.16 bits per heavy atom. The minimum atomic E-state index is -4.42. The molecule has 1 aliphatic rings. The van der Waals surface area contributed by atoms with Crippen molar-refractivity contribution >= 4 is 16.8 Å².